The number of methoxy groups -OCH3 is 3. The molecule has 0 aromatic heterocycles. The van der Waals surface area contributed by atoms with Crippen LogP contribution in [-0.4, -0.2) is 44.7 Å². The normalized spacial score (nSPS) is 16.6. The van der Waals surface area contributed by atoms with Gasteiger partial charge >= 0.3 is 0 Å². The Hall–Kier alpha value is -4.46. The van der Waals surface area contributed by atoms with Gasteiger partial charge in [-0.3, -0.25) is 14.5 Å². The Morgan fingerprint density at radius 1 is 0.865 bits per heavy atom. The van der Waals surface area contributed by atoms with E-state index in [0.29, 0.717) is 46.4 Å². The number of nitrogens with zero attached hydrogens (tertiary/aromatic N) is 1. The van der Waals surface area contributed by atoms with E-state index in [1.165, 1.54) is 26.2 Å². The van der Waals surface area contributed by atoms with E-state index in [-0.39, 0.29) is 11.3 Å². The highest BCUT2D eigenvalue weighted by molar-refractivity contribution is 6.51. The lowest BCUT2D eigenvalue weighted by Crippen LogP contribution is -2.29. The Morgan fingerprint density at radius 2 is 1.54 bits per heavy atom. The Kier molecular flexibility index (Phi) is 7.38. The third kappa shape index (κ3) is 4.70. The zero-order chi connectivity index (χ0) is 26.7. The van der Waals surface area contributed by atoms with Gasteiger partial charge in [0.2, 0.25) is 0 Å². The van der Waals surface area contributed by atoms with Crippen LogP contribution in [0.3, 0.4) is 0 Å². The average Bonchev–Trinajstić information content (AvgIpc) is 3.18. The number of carbonyl (C=O) groups is 2. The number of ether oxygens (including phenoxy) is 4. The number of amides is 1. The average molecular weight is 504 g/mol. The topological polar surface area (TPSA) is 94.5 Å². The molecule has 1 fully saturated rings. The summed E-state index contributed by atoms with van der Waals surface area (Å²) in [5.74, 6) is -0.0586. The number of anilines is 1. The van der Waals surface area contributed by atoms with Crippen LogP contribution in [0, 0.1) is 6.92 Å². The fraction of sp³-hybridized carbons (Fsp3) is 0.241. The maximum atomic E-state index is 13.5. The SMILES string of the molecule is CCOc1ccc(C2/C(=C(/O)c3ccc(OC)c(OC)c3)C(=O)C(=O)N2c2cccc(C)c2)cc1OC. The van der Waals surface area contributed by atoms with Crippen molar-refractivity contribution in [3.8, 4) is 23.0 Å². The first-order chi connectivity index (χ1) is 17.8. The molecule has 0 bridgehead atoms. The van der Waals surface area contributed by atoms with Crippen molar-refractivity contribution in [3.05, 3.63) is 82.9 Å². The van der Waals surface area contributed by atoms with Gasteiger partial charge in [-0.2, -0.15) is 0 Å². The second-order valence-electron chi connectivity index (χ2n) is 8.42. The zero-order valence-corrected chi connectivity index (χ0v) is 21.4. The molecule has 0 aliphatic carbocycles. The zero-order valence-electron chi connectivity index (χ0n) is 21.4. The molecule has 1 unspecified atom stereocenters. The van der Waals surface area contributed by atoms with E-state index < -0.39 is 17.7 Å². The number of carbonyl (C=O) groups excluding carboxylic acids is 2. The minimum absolute atomic E-state index is 0.0510. The number of hydrogen-bond donors (Lipinski definition) is 1. The number of Topliss-reactive ketones (excluding diaryl/α,β-unsaturated/α-hetero) is 1. The van der Waals surface area contributed by atoms with Crippen LogP contribution in [0.2, 0.25) is 0 Å². The van der Waals surface area contributed by atoms with E-state index in [9.17, 15) is 14.7 Å². The number of aliphatic hydroxyl groups excluding tert-OH is 1. The lowest BCUT2D eigenvalue weighted by atomic mass is 9.94. The molecule has 37 heavy (non-hydrogen) atoms. The fourth-order valence-corrected chi connectivity index (χ4v) is 4.46. The summed E-state index contributed by atoms with van der Waals surface area (Å²) in [6.07, 6.45) is 0. The highest BCUT2D eigenvalue weighted by Gasteiger charge is 2.47. The molecule has 1 N–H and O–H groups in total. The number of aryl methyl sites for hydroxylation is 1. The van der Waals surface area contributed by atoms with Crippen molar-refractivity contribution in [2.45, 2.75) is 19.9 Å². The minimum Gasteiger partial charge on any atom is -0.507 e. The van der Waals surface area contributed by atoms with E-state index in [1.807, 2.05) is 32.0 Å². The molecule has 1 saturated heterocycles. The Morgan fingerprint density at radius 3 is 2.19 bits per heavy atom. The summed E-state index contributed by atoms with van der Waals surface area (Å²) < 4.78 is 21.8. The number of hydrogen-bond acceptors (Lipinski definition) is 7. The molecule has 1 atom stereocenters. The first-order valence-corrected chi connectivity index (χ1v) is 11.7. The molecule has 1 aliphatic rings. The lowest BCUT2D eigenvalue weighted by molar-refractivity contribution is -0.132. The van der Waals surface area contributed by atoms with Gasteiger partial charge in [0, 0.05) is 11.3 Å². The smallest absolute Gasteiger partial charge is 0.300 e. The van der Waals surface area contributed by atoms with Gasteiger partial charge in [0.25, 0.3) is 11.7 Å². The van der Waals surface area contributed by atoms with Gasteiger partial charge in [-0.15, -0.1) is 0 Å². The molecular weight excluding hydrogens is 474 g/mol. The second kappa shape index (κ2) is 10.7. The molecular formula is C29H29NO7. The fourth-order valence-electron chi connectivity index (χ4n) is 4.46. The van der Waals surface area contributed by atoms with Crippen LogP contribution in [0.1, 0.15) is 29.7 Å². The molecule has 8 nitrogen and oxygen atoms in total. The van der Waals surface area contributed by atoms with Crippen molar-refractivity contribution in [3.63, 3.8) is 0 Å². The maximum Gasteiger partial charge on any atom is 0.300 e. The van der Waals surface area contributed by atoms with Crippen LogP contribution >= 0.6 is 0 Å². The number of benzene rings is 3. The van der Waals surface area contributed by atoms with Crippen molar-refractivity contribution >= 4 is 23.1 Å². The van der Waals surface area contributed by atoms with E-state index >= 15 is 0 Å². The molecule has 1 amide bonds. The van der Waals surface area contributed by atoms with Crippen molar-refractivity contribution in [2.75, 3.05) is 32.8 Å². The third-order valence-electron chi connectivity index (χ3n) is 6.18. The first kappa shape index (κ1) is 25.6. The van der Waals surface area contributed by atoms with E-state index in [2.05, 4.69) is 0 Å². The molecule has 0 saturated carbocycles. The van der Waals surface area contributed by atoms with Crippen molar-refractivity contribution in [1.29, 1.82) is 0 Å². The van der Waals surface area contributed by atoms with Crippen LogP contribution in [0.4, 0.5) is 5.69 Å². The Balaban J connectivity index is 1.96. The van der Waals surface area contributed by atoms with Crippen molar-refractivity contribution in [2.24, 2.45) is 0 Å². The summed E-state index contributed by atoms with van der Waals surface area (Å²) >= 11 is 0. The first-order valence-electron chi connectivity index (χ1n) is 11.7. The number of aliphatic hydroxyl groups is 1. The highest BCUT2D eigenvalue weighted by Crippen LogP contribution is 2.44. The van der Waals surface area contributed by atoms with Gasteiger partial charge in [0.1, 0.15) is 5.76 Å². The van der Waals surface area contributed by atoms with E-state index in [0.717, 1.165) is 5.56 Å². The predicted octanol–water partition coefficient (Wildman–Crippen LogP) is 5.05. The molecule has 0 radical (unpaired) electrons. The quantitative estimate of drug-likeness (QED) is 0.261. The van der Waals surface area contributed by atoms with Gasteiger partial charge in [0.15, 0.2) is 23.0 Å². The van der Waals surface area contributed by atoms with Gasteiger partial charge < -0.3 is 24.1 Å². The van der Waals surface area contributed by atoms with Gasteiger partial charge in [-0.25, -0.2) is 0 Å². The highest BCUT2D eigenvalue weighted by atomic mass is 16.5. The summed E-state index contributed by atoms with van der Waals surface area (Å²) in [5.41, 5.74) is 2.28. The summed E-state index contributed by atoms with van der Waals surface area (Å²) in [5, 5.41) is 11.4. The second-order valence-corrected chi connectivity index (χ2v) is 8.42. The van der Waals surface area contributed by atoms with Crippen molar-refractivity contribution in [1.82, 2.24) is 0 Å². The van der Waals surface area contributed by atoms with Crippen molar-refractivity contribution < 1.29 is 33.6 Å². The Labute approximate surface area is 215 Å². The van der Waals surface area contributed by atoms with Crippen LogP contribution in [0.25, 0.3) is 5.76 Å². The molecule has 8 heteroatoms. The third-order valence-corrected chi connectivity index (χ3v) is 6.18. The molecule has 0 spiro atoms. The maximum absolute atomic E-state index is 13.5. The summed E-state index contributed by atoms with van der Waals surface area (Å²) in [4.78, 5) is 28.3. The number of ketones is 1. The molecule has 1 aliphatic heterocycles. The van der Waals surface area contributed by atoms with E-state index in [4.69, 9.17) is 18.9 Å². The molecule has 3 aromatic rings. The Bertz CT molecular complexity index is 1380. The van der Waals surface area contributed by atoms with Crippen LogP contribution in [0.15, 0.2) is 66.2 Å². The lowest BCUT2D eigenvalue weighted by Gasteiger charge is -2.26. The molecule has 4 rings (SSSR count). The van der Waals surface area contributed by atoms with Gasteiger partial charge in [-0.05, 0) is 67.4 Å². The largest absolute Gasteiger partial charge is 0.507 e. The van der Waals surface area contributed by atoms with Crippen LogP contribution in [-0.2, 0) is 9.59 Å². The summed E-state index contributed by atoms with van der Waals surface area (Å²) in [6, 6.07) is 16.4. The van der Waals surface area contributed by atoms with E-state index in [1.54, 1.807) is 42.5 Å². The van der Waals surface area contributed by atoms with Gasteiger partial charge in [-0.1, -0.05) is 18.2 Å². The molecule has 1 heterocycles. The monoisotopic (exact) mass is 503 g/mol. The summed E-state index contributed by atoms with van der Waals surface area (Å²) in [6.45, 7) is 4.21. The van der Waals surface area contributed by atoms with Crippen LogP contribution < -0.4 is 23.8 Å². The number of rotatable bonds is 8. The molecule has 3 aromatic carbocycles. The molecule has 192 valence electrons. The predicted molar refractivity (Wildman–Crippen MR) is 140 cm³/mol. The standard InChI is InChI=1S/C29H29NO7/c1-6-37-22-13-10-18(15-24(22)36-5)26-25(27(31)19-11-12-21(34-3)23(16-19)35-4)28(32)29(33)30(26)20-9-7-8-17(2)14-20/h7-16,26,31H,6H2,1-5H3/b27-25-. The van der Waals surface area contributed by atoms with Crippen LogP contribution in [0.5, 0.6) is 23.0 Å². The van der Waals surface area contributed by atoms with Gasteiger partial charge in [0.05, 0.1) is 39.6 Å². The summed E-state index contributed by atoms with van der Waals surface area (Å²) in [7, 11) is 4.50. The minimum atomic E-state index is -0.917.